The summed E-state index contributed by atoms with van der Waals surface area (Å²) in [5.74, 6) is 5.71. The Kier molecular flexibility index (Phi) is 5.96. The zero-order valence-electron chi connectivity index (χ0n) is 10.9. The summed E-state index contributed by atoms with van der Waals surface area (Å²) in [6.45, 7) is 4.08. The minimum Gasteiger partial charge on any atom is -0.395 e. The highest BCUT2D eigenvalue weighted by atomic mass is 16.2. The van der Waals surface area contributed by atoms with Gasteiger partial charge in [-0.15, -0.1) is 0 Å². The molecule has 3 nitrogen and oxygen atoms in total. The van der Waals surface area contributed by atoms with Gasteiger partial charge in [0.1, 0.15) is 0 Å². The quantitative estimate of drug-likeness (QED) is 0.797. The van der Waals surface area contributed by atoms with E-state index >= 15 is 0 Å². The first kappa shape index (κ1) is 14.3. The number of aliphatic hydroxyl groups is 1. The lowest BCUT2D eigenvalue weighted by atomic mass is 10.1. The maximum atomic E-state index is 11.8. The summed E-state index contributed by atoms with van der Waals surface area (Å²) in [6.07, 6.45) is 1.38. The lowest BCUT2D eigenvalue weighted by Gasteiger charge is -2.11. The van der Waals surface area contributed by atoms with Crippen molar-refractivity contribution < 1.29 is 9.90 Å². The molecule has 3 heteroatoms. The van der Waals surface area contributed by atoms with Gasteiger partial charge in [0, 0.05) is 23.6 Å². The molecule has 1 aromatic rings. The van der Waals surface area contributed by atoms with Crippen molar-refractivity contribution in [3.63, 3.8) is 0 Å². The molecule has 1 atom stereocenters. The number of amides is 1. The summed E-state index contributed by atoms with van der Waals surface area (Å²) in [6, 6.07) is 7.34. The zero-order valence-corrected chi connectivity index (χ0v) is 10.9. The first-order valence-electron chi connectivity index (χ1n) is 6.18. The fourth-order valence-electron chi connectivity index (χ4n) is 1.33. The molecule has 1 rings (SSSR count). The molecule has 2 N–H and O–H groups in total. The van der Waals surface area contributed by atoms with Gasteiger partial charge in [0.25, 0.3) is 5.91 Å². The Hall–Kier alpha value is -1.79. The second-order valence-electron chi connectivity index (χ2n) is 4.14. The topological polar surface area (TPSA) is 49.3 Å². The van der Waals surface area contributed by atoms with Gasteiger partial charge in [-0.2, -0.15) is 0 Å². The Morgan fingerprint density at radius 3 is 2.61 bits per heavy atom. The van der Waals surface area contributed by atoms with Gasteiger partial charge in [0.15, 0.2) is 0 Å². The van der Waals surface area contributed by atoms with Crippen molar-refractivity contribution in [3.05, 3.63) is 35.4 Å². The fourth-order valence-corrected chi connectivity index (χ4v) is 1.33. The molecule has 1 amide bonds. The van der Waals surface area contributed by atoms with E-state index in [4.69, 9.17) is 5.11 Å². The molecule has 18 heavy (non-hydrogen) atoms. The highest BCUT2D eigenvalue weighted by Gasteiger charge is 2.07. The van der Waals surface area contributed by atoms with E-state index in [1.165, 1.54) is 0 Å². The molecular formula is C15H19NO2. The van der Waals surface area contributed by atoms with Crippen LogP contribution in [-0.2, 0) is 0 Å². The van der Waals surface area contributed by atoms with Gasteiger partial charge < -0.3 is 10.4 Å². The second-order valence-corrected chi connectivity index (χ2v) is 4.14. The van der Waals surface area contributed by atoms with E-state index in [-0.39, 0.29) is 18.6 Å². The van der Waals surface area contributed by atoms with Crippen molar-refractivity contribution in [3.8, 4) is 11.8 Å². The first-order valence-corrected chi connectivity index (χ1v) is 6.18. The third-order valence-corrected chi connectivity index (χ3v) is 2.61. The van der Waals surface area contributed by atoms with Gasteiger partial charge >= 0.3 is 0 Å². The van der Waals surface area contributed by atoms with Crippen molar-refractivity contribution >= 4 is 5.91 Å². The average Bonchev–Trinajstić information content (AvgIpc) is 2.39. The number of carbonyl (C=O) groups excluding carboxylic acids is 1. The summed E-state index contributed by atoms with van der Waals surface area (Å²) in [7, 11) is 0. The highest BCUT2D eigenvalue weighted by molar-refractivity contribution is 5.94. The van der Waals surface area contributed by atoms with Crippen LogP contribution in [0.3, 0.4) is 0 Å². The lowest BCUT2D eigenvalue weighted by Crippen LogP contribution is -2.31. The third-order valence-electron chi connectivity index (χ3n) is 2.61. The number of aliphatic hydroxyl groups excluding tert-OH is 1. The van der Waals surface area contributed by atoms with Gasteiger partial charge in [-0.3, -0.25) is 4.79 Å². The van der Waals surface area contributed by atoms with Crippen LogP contribution in [0.4, 0.5) is 0 Å². The van der Waals surface area contributed by atoms with Crippen LogP contribution >= 0.6 is 0 Å². The van der Waals surface area contributed by atoms with Gasteiger partial charge in [-0.25, -0.2) is 0 Å². The van der Waals surface area contributed by atoms with Crippen LogP contribution in [0.1, 0.15) is 42.6 Å². The van der Waals surface area contributed by atoms with E-state index in [1.807, 2.05) is 26.0 Å². The number of carbonyl (C=O) groups is 1. The number of rotatable bonds is 4. The lowest BCUT2D eigenvalue weighted by molar-refractivity contribution is 0.0939. The molecule has 1 unspecified atom stereocenters. The van der Waals surface area contributed by atoms with E-state index < -0.39 is 0 Å². The van der Waals surface area contributed by atoms with Gasteiger partial charge in [-0.05, 0) is 37.6 Å². The number of nitrogens with one attached hydrogen (secondary N) is 1. The largest absolute Gasteiger partial charge is 0.395 e. The molecule has 96 valence electrons. The van der Waals surface area contributed by atoms with Gasteiger partial charge in [0.05, 0.1) is 6.61 Å². The average molecular weight is 245 g/mol. The Bertz CT molecular complexity index is 440. The molecule has 0 radical (unpaired) electrons. The fraction of sp³-hybridized carbons (Fsp3) is 0.400. The Labute approximate surface area is 108 Å². The van der Waals surface area contributed by atoms with Crippen LogP contribution < -0.4 is 5.32 Å². The monoisotopic (exact) mass is 245 g/mol. The minimum absolute atomic E-state index is 0.0563. The van der Waals surface area contributed by atoms with Crippen LogP contribution in [0.15, 0.2) is 24.3 Å². The van der Waals surface area contributed by atoms with E-state index in [1.54, 1.807) is 12.1 Å². The maximum Gasteiger partial charge on any atom is 0.251 e. The molecule has 0 aliphatic carbocycles. The molecule has 0 aliphatic heterocycles. The standard InChI is InChI=1S/C15H19NO2/c1-3-12(2)16-15(18)14-9-7-13(8-10-14)6-4-5-11-17/h7-10,12,17H,3,5,11H2,1-2H3,(H,16,18). The maximum absolute atomic E-state index is 11.8. The Morgan fingerprint density at radius 2 is 2.06 bits per heavy atom. The van der Waals surface area contributed by atoms with Crippen molar-refractivity contribution in [1.82, 2.24) is 5.32 Å². The molecule has 0 heterocycles. The number of hydrogen-bond acceptors (Lipinski definition) is 2. The van der Waals surface area contributed by atoms with Crippen molar-refractivity contribution in [2.45, 2.75) is 32.7 Å². The van der Waals surface area contributed by atoms with Crippen molar-refractivity contribution in [1.29, 1.82) is 0 Å². The van der Waals surface area contributed by atoms with E-state index in [9.17, 15) is 4.79 Å². The predicted octanol–water partition coefficient (Wildman–Crippen LogP) is 1.95. The van der Waals surface area contributed by atoms with Gasteiger partial charge in [-0.1, -0.05) is 18.8 Å². The van der Waals surface area contributed by atoms with Crippen LogP contribution in [-0.4, -0.2) is 23.7 Å². The number of hydrogen-bond donors (Lipinski definition) is 2. The number of benzene rings is 1. The first-order chi connectivity index (χ1) is 8.67. The van der Waals surface area contributed by atoms with Crippen LogP contribution in [0.2, 0.25) is 0 Å². The van der Waals surface area contributed by atoms with Gasteiger partial charge in [0.2, 0.25) is 0 Å². The van der Waals surface area contributed by atoms with E-state index in [2.05, 4.69) is 17.2 Å². The molecular weight excluding hydrogens is 226 g/mol. The minimum atomic E-state index is -0.0563. The highest BCUT2D eigenvalue weighted by Crippen LogP contribution is 2.04. The zero-order chi connectivity index (χ0) is 13.4. The van der Waals surface area contributed by atoms with E-state index in [0.29, 0.717) is 12.0 Å². The SMILES string of the molecule is CCC(C)NC(=O)c1ccc(C#CCCO)cc1. The molecule has 1 aromatic carbocycles. The molecule has 0 spiro atoms. The summed E-state index contributed by atoms with van der Waals surface area (Å²) < 4.78 is 0. The molecule has 0 saturated carbocycles. The Balaban J connectivity index is 2.65. The summed E-state index contributed by atoms with van der Waals surface area (Å²) >= 11 is 0. The normalized spacial score (nSPS) is 11.3. The Morgan fingerprint density at radius 1 is 1.39 bits per heavy atom. The summed E-state index contributed by atoms with van der Waals surface area (Å²) in [5.41, 5.74) is 1.49. The van der Waals surface area contributed by atoms with E-state index in [0.717, 1.165) is 12.0 Å². The smallest absolute Gasteiger partial charge is 0.251 e. The molecule has 0 fully saturated rings. The van der Waals surface area contributed by atoms with Crippen molar-refractivity contribution in [2.75, 3.05) is 6.61 Å². The molecule has 0 aliphatic rings. The summed E-state index contributed by atoms with van der Waals surface area (Å²) in [5, 5.41) is 11.5. The summed E-state index contributed by atoms with van der Waals surface area (Å²) in [4.78, 5) is 11.8. The molecule has 0 bridgehead atoms. The molecule has 0 aromatic heterocycles. The molecule has 0 saturated heterocycles. The van der Waals surface area contributed by atoms with Crippen LogP contribution in [0, 0.1) is 11.8 Å². The van der Waals surface area contributed by atoms with Crippen molar-refractivity contribution in [2.24, 2.45) is 0 Å². The van der Waals surface area contributed by atoms with Crippen LogP contribution in [0.25, 0.3) is 0 Å². The third kappa shape index (κ3) is 4.60. The predicted molar refractivity (Wildman–Crippen MR) is 72.2 cm³/mol. The second kappa shape index (κ2) is 7.52. The van der Waals surface area contributed by atoms with Crippen LogP contribution in [0.5, 0.6) is 0 Å².